The van der Waals surface area contributed by atoms with Crippen molar-refractivity contribution >= 4 is 56.9 Å². The van der Waals surface area contributed by atoms with Crippen molar-refractivity contribution in [1.29, 1.82) is 0 Å². The number of hydrogen-bond acceptors (Lipinski definition) is 7. The molecule has 0 amide bonds. The first-order valence-corrected chi connectivity index (χ1v) is 7.47. The summed E-state index contributed by atoms with van der Waals surface area (Å²) in [5.41, 5.74) is -0.414. The molecule has 124 valence electrons. The van der Waals surface area contributed by atoms with E-state index >= 15 is 0 Å². The minimum absolute atomic E-state index is 0. The van der Waals surface area contributed by atoms with Crippen molar-refractivity contribution in [3.8, 4) is 11.5 Å². The standard InChI is InChI=1S/C12H9N2O8P.Ca.2H/c15-13(16)9-1-5-11(6-2-9)21-23(19,20)22-12-7-3-10(4-8-12)14(17)18;;;/h1-8H,(H,19,20);;;. The first kappa shape index (κ1) is 20.3. The number of phosphoric acid groups is 1. The predicted octanol–water partition coefficient (Wildman–Crippen LogP) is 2.15. The Labute approximate surface area is 164 Å². The number of nitrogens with zero attached hydrogens (tertiary/aromatic N) is 2. The van der Waals surface area contributed by atoms with Gasteiger partial charge in [0.15, 0.2) is 0 Å². The monoisotopic (exact) mass is 382 g/mol. The summed E-state index contributed by atoms with van der Waals surface area (Å²) in [6.45, 7) is 0. The summed E-state index contributed by atoms with van der Waals surface area (Å²) in [6.07, 6.45) is 0. The second kappa shape index (κ2) is 8.41. The normalized spacial score (nSPS) is 10.4. The van der Waals surface area contributed by atoms with Crippen LogP contribution in [0.3, 0.4) is 0 Å². The Hall–Kier alpha value is -1.71. The van der Waals surface area contributed by atoms with Gasteiger partial charge in [0.25, 0.3) is 11.4 Å². The van der Waals surface area contributed by atoms with Crippen molar-refractivity contribution in [3.05, 3.63) is 68.8 Å². The third-order valence-electron chi connectivity index (χ3n) is 2.54. The number of nitro groups is 2. The van der Waals surface area contributed by atoms with Crippen LogP contribution in [0.4, 0.5) is 11.4 Å². The molecule has 0 spiro atoms. The van der Waals surface area contributed by atoms with Crippen molar-refractivity contribution in [2.75, 3.05) is 0 Å². The molecule has 0 atom stereocenters. The molecular formula is C12H11CaN2O8P. The first-order chi connectivity index (χ1) is 10.8. The molecule has 2 aromatic rings. The van der Waals surface area contributed by atoms with Crippen LogP contribution in [0.2, 0.25) is 0 Å². The average Bonchev–Trinajstić information content (AvgIpc) is 2.47. The number of benzene rings is 2. The maximum atomic E-state index is 11.8. The van der Waals surface area contributed by atoms with E-state index < -0.39 is 17.7 Å². The van der Waals surface area contributed by atoms with E-state index in [1.54, 1.807) is 0 Å². The Morgan fingerprint density at radius 2 is 1.08 bits per heavy atom. The molecule has 0 aliphatic rings. The van der Waals surface area contributed by atoms with Gasteiger partial charge >= 0.3 is 45.6 Å². The number of hydrogen-bond donors (Lipinski definition) is 1. The van der Waals surface area contributed by atoms with Gasteiger partial charge in [0, 0.05) is 24.3 Å². The van der Waals surface area contributed by atoms with Gasteiger partial charge in [0.1, 0.15) is 11.5 Å². The molecule has 0 fully saturated rings. The van der Waals surface area contributed by atoms with Crippen molar-refractivity contribution in [3.63, 3.8) is 0 Å². The van der Waals surface area contributed by atoms with E-state index in [1.807, 2.05) is 0 Å². The van der Waals surface area contributed by atoms with Gasteiger partial charge in [0.05, 0.1) is 9.85 Å². The number of phosphoric ester groups is 1. The van der Waals surface area contributed by atoms with E-state index in [2.05, 4.69) is 0 Å². The van der Waals surface area contributed by atoms with Gasteiger partial charge in [-0.2, -0.15) is 0 Å². The molecule has 2 aromatic carbocycles. The van der Waals surface area contributed by atoms with Crippen LogP contribution < -0.4 is 9.05 Å². The summed E-state index contributed by atoms with van der Waals surface area (Å²) in [5, 5.41) is 21.0. The van der Waals surface area contributed by atoms with E-state index in [4.69, 9.17) is 9.05 Å². The molecule has 12 heteroatoms. The van der Waals surface area contributed by atoms with Crippen molar-refractivity contribution in [1.82, 2.24) is 0 Å². The fourth-order valence-electron chi connectivity index (χ4n) is 1.54. The van der Waals surface area contributed by atoms with Crippen LogP contribution in [0.1, 0.15) is 0 Å². The third kappa shape index (κ3) is 5.73. The molecule has 0 unspecified atom stereocenters. The fourth-order valence-corrected chi connectivity index (χ4v) is 2.36. The van der Waals surface area contributed by atoms with Gasteiger partial charge in [-0.05, 0) is 24.3 Å². The van der Waals surface area contributed by atoms with E-state index in [-0.39, 0.29) is 60.6 Å². The summed E-state index contributed by atoms with van der Waals surface area (Å²) >= 11 is 0. The second-order valence-corrected chi connectivity index (χ2v) is 5.46. The van der Waals surface area contributed by atoms with Crippen LogP contribution in [-0.4, -0.2) is 52.5 Å². The van der Waals surface area contributed by atoms with Crippen molar-refractivity contribution in [2.45, 2.75) is 0 Å². The van der Waals surface area contributed by atoms with Crippen LogP contribution in [0, 0.1) is 20.2 Å². The molecule has 0 aliphatic heterocycles. The Kier molecular flexibility index (Phi) is 7.12. The summed E-state index contributed by atoms with van der Waals surface area (Å²) in [7, 11) is -4.55. The Morgan fingerprint density at radius 1 is 0.792 bits per heavy atom. The fraction of sp³-hybridized carbons (Fsp3) is 0. The second-order valence-electron chi connectivity index (χ2n) is 4.15. The van der Waals surface area contributed by atoms with E-state index in [1.165, 1.54) is 0 Å². The molecule has 10 nitrogen and oxygen atoms in total. The zero-order chi connectivity index (χ0) is 17.0. The topological polar surface area (TPSA) is 142 Å². The third-order valence-corrected chi connectivity index (χ3v) is 3.42. The van der Waals surface area contributed by atoms with Crippen LogP contribution >= 0.6 is 7.82 Å². The molecule has 0 radical (unpaired) electrons. The Bertz CT molecular complexity index is 717. The maximum absolute atomic E-state index is 11.8. The van der Waals surface area contributed by atoms with Gasteiger partial charge in [0.2, 0.25) is 0 Å². The Balaban J connectivity index is 0.00000288. The number of nitro benzene ring substituents is 2. The van der Waals surface area contributed by atoms with Crippen LogP contribution in [0.15, 0.2) is 48.5 Å². The summed E-state index contributed by atoms with van der Waals surface area (Å²) in [6, 6.07) is 8.95. The van der Waals surface area contributed by atoms with Gasteiger partial charge in [-0.3, -0.25) is 25.1 Å². The van der Waals surface area contributed by atoms with E-state index in [0.717, 1.165) is 48.5 Å². The zero-order valence-electron chi connectivity index (χ0n) is 11.3. The SMILES string of the molecule is O=[N+]([O-])c1ccc(OP(=O)(O)Oc2ccc([N+](=O)[O-])cc2)cc1.[CaH2]. The van der Waals surface area contributed by atoms with E-state index in [0.29, 0.717) is 0 Å². The molecule has 0 saturated heterocycles. The summed E-state index contributed by atoms with van der Waals surface area (Å²) in [4.78, 5) is 29.4. The van der Waals surface area contributed by atoms with Crippen LogP contribution in [-0.2, 0) is 4.57 Å². The van der Waals surface area contributed by atoms with Gasteiger partial charge < -0.3 is 9.05 Å². The summed E-state index contributed by atoms with van der Waals surface area (Å²) < 4.78 is 21.3. The number of non-ortho nitro benzene ring substituents is 2. The quantitative estimate of drug-likeness (QED) is 0.346. The molecule has 24 heavy (non-hydrogen) atoms. The number of rotatable bonds is 6. The first-order valence-electron chi connectivity index (χ1n) is 5.98. The van der Waals surface area contributed by atoms with Gasteiger partial charge in [-0.1, -0.05) is 0 Å². The average molecular weight is 382 g/mol. The zero-order valence-corrected chi connectivity index (χ0v) is 12.2. The molecule has 1 N–H and O–H groups in total. The van der Waals surface area contributed by atoms with Gasteiger partial charge in [-0.25, -0.2) is 4.57 Å². The molecule has 2 rings (SSSR count). The van der Waals surface area contributed by atoms with Crippen LogP contribution in [0.25, 0.3) is 0 Å². The molecule has 0 heterocycles. The Morgan fingerprint density at radius 3 is 1.33 bits per heavy atom. The van der Waals surface area contributed by atoms with E-state index in [9.17, 15) is 29.7 Å². The molecule has 0 saturated carbocycles. The summed E-state index contributed by atoms with van der Waals surface area (Å²) in [5.74, 6) is -0.216. The van der Waals surface area contributed by atoms with Crippen molar-refractivity contribution < 1.29 is 28.4 Å². The molecule has 0 aromatic heterocycles. The predicted molar refractivity (Wildman–Crippen MR) is 85.8 cm³/mol. The molecule has 0 bridgehead atoms. The van der Waals surface area contributed by atoms with Gasteiger partial charge in [-0.15, -0.1) is 0 Å². The minimum atomic E-state index is -4.55. The van der Waals surface area contributed by atoms with Crippen molar-refractivity contribution in [2.24, 2.45) is 0 Å². The van der Waals surface area contributed by atoms with Crippen LogP contribution in [0.5, 0.6) is 11.5 Å². The molecular weight excluding hydrogens is 371 g/mol. The molecule has 0 aliphatic carbocycles.